The lowest BCUT2D eigenvalue weighted by Crippen LogP contribution is -1.96. The van der Waals surface area contributed by atoms with Crippen molar-refractivity contribution in [2.24, 2.45) is 5.73 Å². The first-order valence-electron chi connectivity index (χ1n) is 5.23. The number of hydrogen-bond acceptors (Lipinski definition) is 4. The summed E-state index contributed by atoms with van der Waals surface area (Å²) in [5.74, 6) is 0.774. The molecule has 0 radical (unpaired) electrons. The standard InChI is InChI=1S/C12H14N2O2/c1-2-9-5-3-4-6-11(9)16-12-14-10(7-13)8-15-12/h3-6,8H,2,7,13H2,1H3. The van der Waals surface area contributed by atoms with Crippen LogP contribution in [0.4, 0.5) is 0 Å². The van der Waals surface area contributed by atoms with Gasteiger partial charge < -0.3 is 14.9 Å². The van der Waals surface area contributed by atoms with Crippen LogP contribution in [0.2, 0.25) is 0 Å². The number of nitrogens with two attached hydrogens (primary N) is 1. The Kier molecular flexibility index (Phi) is 3.22. The van der Waals surface area contributed by atoms with E-state index in [1.807, 2.05) is 24.3 Å². The molecular formula is C12H14N2O2. The molecule has 2 N–H and O–H groups in total. The van der Waals surface area contributed by atoms with Gasteiger partial charge >= 0.3 is 6.08 Å². The molecule has 1 heterocycles. The third kappa shape index (κ3) is 2.23. The quantitative estimate of drug-likeness (QED) is 0.856. The van der Waals surface area contributed by atoms with Crippen molar-refractivity contribution in [3.8, 4) is 11.8 Å². The number of para-hydroxylation sites is 1. The molecule has 2 rings (SSSR count). The number of aryl methyl sites for hydroxylation is 1. The molecule has 0 fully saturated rings. The molecule has 0 aliphatic carbocycles. The first-order valence-corrected chi connectivity index (χ1v) is 5.23. The maximum Gasteiger partial charge on any atom is 0.399 e. The van der Waals surface area contributed by atoms with Gasteiger partial charge in [-0.05, 0) is 18.1 Å². The molecule has 2 aromatic rings. The van der Waals surface area contributed by atoms with Crippen molar-refractivity contribution >= 4 is 0 Å². The van der Waals surface area contributed by atoms with Gasteiger partial charge in [0, 0.05) is 6.54 Å². The molecule has 84 valence electrons. The monoisotopic (exact) mass is 218 g/mol. The Morgan fingerprint density at radius 3 is 2.88 bits per heavy atom. The Morgan fingerprint density at radius 1 is 1.38 bits per heavy atom. The number of benzene rings is 1. The summed E-state index contributed by atoms with van der Waals surface area (Å²) in [6, 6.07) is 7.81. The van der Waals surface area contributed by atoms with Crippen LogP contribution in [0.1, 0.15) is 18.2 Å². The van der Waals surface area contributed by atoms with Crippen LogP contribution in [-0.2, 0) is 13.0 Å². The zero-order chi connectivity index (χ0) is 11.4. The van der Waals surface area contributed by atoms with Crippen molar-refractivity contribution in [1.29, 1.82) is 0 Å². The van der Waals surface area contributed by atoms with E-state index in [0.29, 0.717) is 12.2 Å². The molecule has 0 spiro atoms. The number of oxazole rings is 1. The molecule has 4 heteroatoms. The van der Waals surface area contributed by atoms with Gasteiger partial charge in [0.05, 0.1) is 5.69 Å². The smallest absolute Gasteiger partial charge is 0.399 e. The highest BCUT2D eigenvalue weighted by Gasteiger charge is 2.07. The SMILES string of the molecule is CCc1ccccc1Oc1nc(CN)co1. The fraction of sp³-hybridized carbons (Fsp3) is 0.250. The van der Waals surface area contributed by atoms with Crippen LogP contribution < -0.4 is 10.5 Å². The third-order valence-electron chi connectivity index (χ3n) is 2.29. The number of nitrogens with zero attached hydrogens (tertiary/aromatic N) is 1. The third-order valence-corrected chi connectivity index (χ3v) is 2.29. The summed E-state index contributed by atoms with van der Waals surface area (Å²) in [5, 5.41) is 0. The van der Waals surface area contributed by atoms with Gasteiger partial charge in [-0.25, -0.2) is 0 Å². The number of hydrogen-bond donors (Lipinski definition) is 1. The van der Waals surface area contributed by atoms with Crippen LogP contribution in [0.25, 0.3) is 0 Å². The summed E-state index contributed by atoms with van der Waals surface area (Å²) in [6.07, 6.45) is 2.64. The van der Waals surface area contributed by atoms with E-state index in [0.717, 1.165) is 17.7 Å². The zero-order valence-corrected chi connectivity index (χ0v) is 9.14. The topological polar surface area (TPSA) is 61.3 Å². The summed E-state index contributed by atoms with van der Waals surface area (Å²) < 4.78 is 10.7. The Balaban J connectivity index is 2.19. The Labute approximate surface area is 94.1 Å². The van der Waals surface area contributed by atoms with Crippen LogP contribution in [0, 0.1) is 0 Å². The molecule has 1 aromatic heterocycles. The lowest BCUT2D eigenvalue weighted by molar-refractivity contribution is 0.328. The van der Waals surface area contributed by atoms with E-state index in [4.69, 9.17) is 14.9 Å². The average Bonchev–Trinajstić information content (AvgIpc) is 2.77. The maximum atomic E-state index is 5.55. The molecule has 0 aliphatic rings. The second-order valence-corrected chi connectivity index (χ2v) is 3.37. The first-order chi connectivity index (χ1) is 7.83. The van der Waals surface area contributed by atoms with Crippen molar-refractivity contribution in [2.45, 2.75) is 19.9 Å². The Morgan fingerprint density at radius 2 is 2.19 bits per heavy atom. The Bertz CT molecular complexity index is 466. The van der Waals surface area contributed by atoms with Crippen LogP contribution in [0.5, 0.6) is 11.8 Å². The van der Waals surface area contributed by atoms with Crippen molar-refractivity contribution in [3.63, 3.8) is 0 Å². The molecule has 0 saturated carbocycles. The van der Waals surface area contributed by atoms with E-state index < -0.39 is 0 Å². The van der Waals surface area contributed by atoms with Crippen LogP contribution in [0.3, 0.4) is 0 Å². The molecule has 0 aliphatic heterocycles. The summed E-state index contributed by atoms with van der Waals surface area (Å²) >= 11 is 0. The lowest BCUT2D eigenvalue weighted by atomic mass is 10.1. The van der Waals surface area contributed by atoms with E-state index in [-0.39, 0.29) is 6.08 Å². The highest BCUT2D eigenvalue weighted by molar-refractivity contribution is 5.34. The van der Waals surface area contributed by atoms with Crippen LogP contribution >= 0.6 is 0 Å². The van der Waals surface area contributed by atoms with E-state index in [2.05, 4.69) is 11.9 Å². The largest absolute Gasteiger partial charge is 0.417 e. The first kappa shape index (κ1) is 10.7. The van der Waals surface area contributed by atoms with E-state index in [9.17, 15) is 0 Å². The fourth-order valence-electron chi connectivity index (χ4n) is 1.42. The normalized spacial score (nSPS) is 10.4. The van der Waals surface area contributed by atoms with E-state index in [1.165, 1.54) is 6.26 Å². The number of rotatable bonds is 4. The minimum atomic E-state index is 0.237. The molecule has 0 saturated heterocycles. The molecule has 0 atom stereocenters. The highest BCUT2D eigenvalue weighted by atomic mass is 16.6. The van der Waals surface area contributed by atoms with Crippen molar-refractivity contribution in [2.75, 3.05) is 0 Å². The van der Waals surface area contributed by atoms with Gasteiger partial charge in [0.2, 0.25) is 0 Å². The van der Waals surface area contributed by atoms with E-state index >= 15 is 0 Å². The molecule has 16 heavy (non-hydrogen) atoms. The second kappa shape index (κ2) is 4.81. The van der Waals surface area contributed by atoms with Crippen molar-refractivity contribution < 1.29 is 9.15 Å². The Hall–Kier alpha value is -1.81. The summed E-state index contributed by atoms with van der Waals surface area (Å²) in [4.78, 5) is 4.09. The van der Waals surface area contributed by atoms with Gasteiger partial charge in [-0.1, -0.05) is 25.1 Å². The lowest BCUT2D eigenvalue weighted by Gasteiger charge is -2.05. The number of ether oxygens (including phenoxy) is 1. The summed E-state index contributed by atoms with van der Waals surface area (Å²) in [7, 11) is 0. The molecule has 0 amide bonds. The average molecular weight is 218 g/mol. The van der Waals surface area contributed by atoms with E-state index in [1.54, 1.807) is 0 Å². The number of aromatic nitrogens is 1. The van der Waals surface area contributed by atoms with Crippen LogP contribution in [-0.4, -0.2) is 4.98 Å². The van der Waals surface area contributed by atoms with Gasteiger partial charge in [-0.3, -0.25) is 0 Å². The van der Waals surface area contributed by atoms with Crippen molar-refractivity contribution in [1.82, 2.24) is 4.98 Å². The molecule has 0 unspecified atom stereocenters. The minimum Gasteiger partial charge on any atom is -0.417 e. The minimum absolute atomic E-state index is 0.237. The fourth-order valence-corrected chi connectivity index (χ4v) is 1.42. The molecule has 0 bridgehead atoms. The highest BCUT2D eigenvalue weighted by Crippen LogP contribution is 2.24. The summed E-state index contributed by atoms with van der Waals surface area (Å²) in [6.45, 7) is 2.42. The predicted molar refractivity (Wildman–Crippen MR) is 60.3 cm³/mol. The second-order valence-electron chi connectivity index (χ2n) is 3.37. The zero-order valence-electron chi connectivity index (χ0n) is 9.14. The van der Waals surface area contributed by atoms with Gasteiger partial charge in [0.25, 0.3) is 0 Å². The van der Waals surface area contributed by atoms with Gasteiger partial charge in [-0.15, -0.1) is 0 Å². The van der Waals surface area contributed by atoms with Crippen LogP contribution in [0.15, 0.2) is 34.9 Å². The maximum absolute atomic E-state index is 5.55. The van der Waals surface area contributed by atoms with Gasteiger partial charge in [0.15, 0.2) is 0 Å². The van der Waals surface area contributed by atoms with Gasteiger partial charge in [0.1, 0.15) is 12.0 Å². The molecule has 4 nitrogen and oxygen atoms in total. The summed E-state index contributed by atoms with van der Waals surface area (Å²) in [5.41, 5.74) is 7.24. The van der Waals surface area contributed by atoms with Crippen molar-refractivity contribution in [3.05, 3.63) is 41.8 Å². The predicted octanol–water partition coefficient (Wildman–Crippen LogP) is 2.49. The molecular weight excluding hydrogens is 204 g/mol. The van der Waals surface area contributed by atoms with Gasteiger partial charge in [-0.2, -0.15) is 4.98 Å². The molecule has 1 aromatic carbocycles.